The van der Waals surface area contributed by atoms with Gasteiger partial charge in [-0.15, -0.1) is 0 Å². The van der Waals surface area contributed by atoms with Gasteiger partial charge in [-0.3, -0.25) is 0 Å². The highest BCUT2D eigenvalue weighted by Crippen LogP contribution is 2.47. The summed E-state index contributed by atoms with van der Waals surface area (Å²) in [5.41, 5.74) is 0. The Morgan fingerprint density at radius 2 is 1.46 bits per heavy atom. The molecule has 0 aliphatic carbocycles. The minimum absolute atomic E-state index is 1.67. The molecule has 0 bridgehead atoms. The van der Waals surface area contributed by atoms with Crippen LogP contribution < -0.4 is 0 Å². The van der Waals surface area contributed by atoms with Gasteiger partial charge in [0, 0.05) is 0 Å². The summed E-state index contributed by atoms with van der Waals surface area (Å²) in [6.45, 7) is -1.67. The SMILES string of the molecule is [CH2]OCC(F)(Cl)C(F)(F)C(F)(F)F. The molecule has 0 aromatic heterocycles. The molecule has 13 heavy (non-hydrogen) atoms. The highest BCUT2D eigenvalue weighted by atomic mass is 35.5. The standard InChI is InChI=1S/C5H4ClF6O/c1-13-2-3(6,7)4(8,9)5(10,11)12/h1-2H2. The number of halogens is 7. The predicted molar refractivity (Wildman–Crippen MR) is 32.0 cm³/mol. The second kappa shape index (κ2) is 3.53. The molecule has 0 spiro atoms. The first kappa shape index (κ1) is 12.8. The van der Waals surface area contributed by atoms with Crippen LogP contribution in [0.2, 0.25) is 0 Å². The van der Waals surface area contributed by atoms with Crippen LogP contribution in [-0.4, -0.2) is 23.8 Å². The maximum atomic E-state index is 12.5. The molecule has 79 valence electrons. The van der Waals surface area contributed by atoms with E-state index in [0.717, 1.165) is 0 Å². The third-order valence-corrected chi connectivity index (χ3v) is 1.45. The van der Waals surface area contributed by atoms with Crippen LogP contribution >= 0.6 is 11.6 Å². The summed E-state index contributed by atoms with van der Waals surface area (Å²) in [6.07, 6.45) is -6.07. The molecular weight excluding hydrogens is 225 g/mol. The van der Waals surface area contributed by atoms with Crippen LogP contribution in [-0.2, 0) is 4.74 Å². The smallest absolute Gasteiger partial charge is 0.374 e. The van der Waals surface area contributed by atoms with Crippen molar-refractivity contribution in [3.8, 4) is 0 Å². The second-order valence-corrected chi connectivity index (χ2v) is 2.72. The number of rotatable bonds is 3. The van der Waals surface area contributed by atoms with Crippen LogP contribution in [0.25, 0.3) is 0 Å². The van der Waals surface area contributed by atoms with Gasteiger partial charge in [-0.25, -0.2) is 4.39 Å². The molecular formula is C5H4ClF6O. The lowest BCUT2D eigenvalue weighted by Gasteiger charge is -2.28. The van der Waals surface area contributed by atoms with Gasteiger partial charge in [0.1, 0.15) is 6.61 Å². The Morgan fingerprint density at radius 3 is 1.69 bits per heavy atom. The topological polar surface area (TPSA) is 9.23 Å². The molecule has 0 aliphatic rings. The zero-order valence-electron chi connectivity index (χ0n) is 5.97. The highest BCUT2D eigenvalue weighted by Gasteiger charge is 2.71. The van der Waals surface area contributed by atoms with Gasteiger partial charge >= 0.3 is 12.1 Å². The quantitative estimate of drug-likeness (QED) is 0.534. The van der Waals surface area contributed by atoms with Crippen molar-refractivity contribution in [1.82, 2.24) is 0 Å². The van der Waals surface area contributed by atoms with E-state index in [-0.39, 0.29) is 0 Å². The monoisotopic (exact) mass is 229 g/mol. The van der Waals surface area contributed by atoms with Crippen molar-refractivity contribution in [1.29, 1.82) is 0 Å². The summed E-state index contributed by atoms with van der Waals surface area (Å²) < 4.78 is 74.9. The van der Waals surface area contributed by atoms with E-state index in [4.69, 9.17) is 0 Å². The first-order valence-corrected chi connectivity index (χ1v) is 3.13. The van der Waals surface area contributed by atoms with E-state index < -0.39 is 23.8 Å². The van der Waals surface area contributed by atoms with Gasteiger partial charge in [0.25, 0.3) is 5.13 Å². The van der Waals surface area contributed by atoms with Crippen LogP contribution in [0.1, 0.15) is 0 Å². The highest BCUT2D eigenvalue weighted by molar-refractivity contribution is 6.23. The maximum absolute atomic E-state index is 12.5. The van der Waals surface area contributed by atoms with E-state index in [9.17, 15) is 26.3 Å². The van der Waals surface area contributed by atoms with E-state index in [1.807, 2.05) is 0 Å². The van der Waals surface area contributed by atoms with E-state index in [1.165, 1.54) is 0 Å². The van der Waals surface area contributed by atoms with E-state index in [1.54, 1.807) is 0 Å². The van der Waals surface area contributed by atoms with Crippen LogP contribution in [0, 0.1) is 7.11 Å². The summed E-state index contributed by atoms with van der Waals surface area (Å²) >= 11 is 4.31. The van der Waals surface area contributed by atoms with Crippen molar-refractivity contribution in [3.63, 3.8) is 0 Å². The van der Waals surface area contributed by atoms with Gasteiger partial charge in [0.05, 0.1) is 7.11 Å². The zero-order valence-corrected chi connectivity index (χ0v) is 6.72. The molecule has 0 aliphatic heterocycles. The fraction of sp³-hybridized carbons (Fsp3) is 0.800. The summed E-state index contributed by atoms with van der Waals surface area (Å²) in [4.78, 5) is 0. The molecule has 1 atom stereocenters. The van der Waals surface area contributed by atoms with Crippen LogP contribution in [0.4, 0.5) is 26.3 Å². The molecule has 1 nitrogen and oxygen atoms in total. The average Bonchev–Trinajstić information content (AvgIpc) is 1.84. The van der Waals surface area contributed by atoms with Crippen LogP contribution in [0.3, 0.4) is 0 Å². The lowest BCUT2D eigenvalue weighted by molar-refractivity contribution is -0.315. The Balaban J connectivity index is 4.81. The minimum atomic E-state index is -6.07. The van der Waals surface area contributed by atoms with Crippen molar-refractivity contribution >= 4 is 11.6 Å². The first-order chi connectivity index (χ1) is 5.56. The molecule has 1 radical (unpaired) electrons. The van der Waals surface area contributed by atoms with Crippen molar-refractivity contribution in [3.05, 3.63) is 7.11 Å². The number of hydrogen-bond acceptors (Lipinski definition) is 1. The summed E-state index contributed by atoms with van der Waals surface area (Å²) in [5, 5.41) is -4.34. The van der Waals surface area contributed by atoms with Crippen molar-refractivity contribution < 1.29 is 31.1 Å². The Hall–Kier alpha value is -0.170. The lowest BCUT2D eigenvalue weighted by atomic mass is 10.2. The Labute approximate surface area is 74.6 Å². The van der Waals surface area contributed by atoms with E-state index >= 15 is 0 Å². The second-order valence-electron chi connectivity index (χ2n) is 2.13. The Morgan fingerprint density at radius 1 is 1.08 bits per heavy atom. The van der Waals surface area contributed by atoms with Gasteiger partial charge in [-0.2, -0.15) is 22.0 Å². The van der Waals surface area contributed by atoms with Crippen LogP contribution in [0.5, 0.6) is 0 Å². The third kappa shape index (κ3) is 2.40. The van der Waals surface area contributed by atoms with Gasteiger partial charge in [0.2, 0.25) is 0 Å². The fourth-order valence-electron chi connectivity index (χ4n) is 0.426. The molecule has 8 heteroatoms. The van der Waals surface area contributed by atoms with E-state index in [2.05, 4.69) is 23.4 Å². The fourth-order valence-corrected chi connectivity index (χ4v) is 0.610. The lowest BCUT2D eigenvalue weighted by Crippen LogP contribution is -2.53. The third-order valence-electron chi connectivity index (χ3n) is 1.10. The molecule has 0 fully saturated rings. The largest absolute Gasteiger partial charge is 0.458 e. The molecule has 0 heterocycles. The van der Waals surface area contributed by atoms with Gasteiger partial charge < -0.3 is 4.74 Å². The minimum Gasteiger partial charge on any atom is -0.374 e. The van der Waals surface area contributed by atoms with Gasteiger partial charge in [0.15, 0.2) is 0 Å². The number of hydrogen-bond donors (Lipinski definition) is 0. The van der Waals surface area contributed by atoms with Crippen LogP contribution in [0.15, 0.2) is 0 Å². The Kier molecular flexibility index (Phi) is 3.48. The normalized spacial score (nSPS) is 18.5. The van der Waals surface area contributed by atoms with Crippen molar-refractivity contribution in [2.75, 3.05) is 6.61 Å². The Bertz CT molecular complexity index is 176. The summed E-state index contributed by atoms with van der Waals surface area (Å²) in [7, 11) is 2.44. The average molecular weight is 230 g/mol. The van der Waals surface area contributed by atoms with Gasteiger partial charge in [-0.05, 0) is 0 Å². The van der Waals surface area contributed by atoms with E-state index in [0.29, 0.717) is 0 Å². The summed E-state index contributed by atoms with van der Waals surface area (Å²) in [6, 6.07) is 0. The van der Waals surface area contributed by atoms with Crippen molar-refractivity contribution in [2.45, 2.75) is 17.2 Å². The number of alkyl halides is 7. The molecule has 1 unspecified atom stereocenters. The molecule has 0 N–H and O–H groups in total. The molecule has 0 aromatic rings. The number of ether oxygens (including phenoxy) is 1. The molecule has 0 aromatic carbocycles. The maximum Gasteiger partial charge on any atom is 0.458 e. The van der Waals surface area contributed by atoms with Crippen molar-refractivity contribution in [2.24, 2.45) is 0 Å². The molecule has 0 amide bonds. The molecule has 0 saturated heterocycles. The molecule has 0 saturated carbocycles. The van der Waals surface area contributed by atoms with Gasteiger partial charge in [-0.1, -0.05) is 11.6 Å². The first-order valence-electron chi connectivity index (χ1n) is 2.75. The zero-order chi connectivity index (χ0) is 10.9. The molecule has 0 rings (SSSR count). The predicted octanol–water partition coefficient (Wildman–Crippen LogP) is 2.90. The summed E-state index contributed by atoms with van der Waals surface area (Å²) in [5.74, 6) is -5.68.